The first-order valence-corrected chi connectivity index (χ1v) is 7.27. The van der Waals surface area contributed by atoms with Crippen molar-refractivity contribution in [1.82, 2.24) is 10.2 Å². The minimum absolute atomic E-state index is 0.160. The monoisotopic (exact) mass is 253 g/mol. The summed E-state index contributed by atoms with van der Waals surface area (Å²) in [5.74, 6) is 0.286. The Morgan fingerprint density at radius 2 is 2.06 bits per heavy atom. The van der Waals surface area contributed by atoms with Crippen molar-refractivity contribution in [2.45, 2.75) is 63.6 Å². The van der Waals surface area contributed by atoms with Crippen molar-refractivity contribution >= 4 is 5.91 Å². The summed E-state index contributed by atoms with van der Waals surface area (Å²) in [6.45, 7) is 5.13. The molecule has 2 fully saturated rings. The number of likely N-dealkylation sites (N-methyl/N-ethyl adjacent to an activating group) is 1. The van der Waals surface area contributed by atoms with E-state index in [1.807, 2.05) is 0 Å². The smallest absolute Gasteiger partial charge is 0.239 e. The lowest BCUT2D eigenvalue weighted by atomic mass is 9.90. The predicted octanol–water partition coefficient (Wildman–Crippen LogP) is 1.10. The van der Waals surface area contributed by atoms with Crippen LogP contribution in [0, 0.1) is 5.92 Å². The molecule has 0 aromatic rings. The first kappa shape index (κ1) is 13.8. The molecule has 4 nitrogen and oxygen atoms in total. The van der Waals surface area contributed by atoms with E-state index in [1.165, 1.54) is 12.8 Å². The molecule has 0 saturated heterocycles. The third-order valence-electron chi connectivity index (χ3n) is 4.60. The minimum Gasteiger partial charge on any atom is -0.368 e. The molecule has 0 spiro atoms. The molecule has 2 atom stereocenters. The highest BCUT2D eigenvalue weighted by molar-refractivity contribution is 5.86. The number of carbonyl (C=O) groups excluding carboxylic acids is 1. The van der Waals surface area contributed by atoms with Crippen molar-refractivity contribution in [1.29, 1.82) is 0 Å². The number of primary amides is 1. The van der Waals surface area contributed by atoms with Gasteiger partial charge in [-0.1, -0.05) is 6.92 Å². The molecular weight excluding hydrogens is 226 g/mol. The maximum Gasteiger partial charge on any atom is 0.239 e. The van der Waals surface area contributed by atoms with Gasteiger partial charge in [0.05, 0.1) is 0 Å². The summed E-state index contributed by atoms with van der Waals surface area (Å²) in [4.78, 5) is 14.3. The molecule has 4 heteroatoms. The zero-order valence-corrected chi connectivity index (χ0v) is 11.9. The summed E-state index contributed by atoms with van der Waals surface area (Å²) in [6.07, 6.45) is 5.75. The number of rotatable bonds is 8. The summed E-state index contributed by atoms with van der Waals surface area (Å²) in [5, 5.41) is 3.56. The molecule has 104 valence electrons. The van der Waals surface area contributed by atoms with Crippen LogP contribution in [0.2, 0.25) is 0 Å². The van der Waals surface area contributed by atoms with E-state index in [4.69, 9.17) is 5.73 Å². The number of nitrogens with one attached hydrogen (secondary N) is 1. The molecule has 2 saturated carbocycles. The molecule has 0 aliphatic heterocycles. The Balaban J connectivity index is 2.09. The number of hydrogen-bond acceptors (Lipinski definition) is 3. The standard InChI is InChI=1S/C14H27N3O/c1-4-10(2)17(3)9-14(13(15)18,11-5-6-11)16-12-7-8-12/h10-12,16H,4-9H2,1-3H3,(H2,15,18). The van der Waals surface area contributed by atoms with Gasteiger partial charge in [0.15, 0.2) is 0 Å². The molecule has 0 aromatic heterocycles. The van der Waals surface area contributed by atoms with Crippen LogP contribution in [0.4, 0.5) is 0 Å². The number of carbonyl (C=O) groups is 1. The van der Waals surface area contributed by atoms with Crippen LogP contribution in [0.1, 0.15) is 46.0 Å². The minimum atomic E-state index is -0.487. The van der Waals surface area contributed by atoms with Gasteiger partial charge in [-0.05, 0) is 52.0 Å². The lowest BCUT2D eigenvalue weighted by Gasteiger charge is -2.38. The Morgan fingerprint density at radius 3 is 2.44 bits per heavy atom. The molecular formula is C14H27N3O. The van der Waals surface area contributed by atoms with Crippen LogP contribution in [0.25, 0.3) is 0 Å². The normalized spacial score (nSPS) is 24.9. The molecule has 0 aromatic carbocycles. The van der Waals surface area contributed by atoms with E-state index in [-0.39, 0.29) is 5.91 Å². The number of hydrogen-bond donors (Lipinski definition) is 2. The second-order valence-corrected chi connectivity index (χ2v) is 6.20. The van der Waals surface area contributed by atoms with Crippen molar-refractivity contribution in [3.63, 3.8) is 0 Å². The van der Waals surface area contributed by atoms with Crippen LogP contribution in [0.5, 0.6) is 0 Å². The fourth-order valence-electron chi connectivity index (χ4n) is 2.67. The van der Waals surface area contributed by atoms with Crippen molar-refractivity contribution in [2.24, 2.45) is 11.7 Å². The van der Waals surface area contributed by atoms with E-state index in [2.05, 4.69) is 31.1 Å². The third-order valence-corrected chi connectivity index (χ3v) is 4.60. The van der Waals surface area contributed by atoms with Gasteiger partial charge in [-0.2, -0.15) is 0 Å². The van der Waals surface area contributed by atoms with Gasteiger partial charge >= 0.3 is 0 Å². The summed E-state index contributed by atoms with van der Waals surface area (Å²) >= 11 is 0. The van der Waals surface area contributed by atoms with Gasteiger partial charge in [-0.25, -0.2) is 0 Å². The molecule has 2 aliphatic rings. The highest BCUT2D eigenvalue weighted by Gasteiger charge is 2.52. The molecule has 0 heterocycles. The highest BCUT2D eigenvalue weighted by atomic mass is 16.1. The Bertz CT molecular complexity index is 312. The van der Waals surface area contributed by atoms with Crippen molar-refractivity contribution in [2.75, 3.05) is 13.6 Å². The van der Waals surface area contributed by atoms with Crippen molar-refractivity contribution < 1.29 is 4.79 Å². The van der Waals surface area contributed by atoms with Gasteiger partial charge in [-0.15, -0.1) is 0 Å². The van der Waals surface area contributed by atoms with Gasteiger partial charge in [0.25, 0.3) is 0 Å². The zero-order chi connectivity index (χ0) is 13.3. The highest BCUT2D eigenvalue weighted by Crippen LogP contribution is 2.42. The number of nitrogens with zero attached hydrogens (tertiary/aromatic N) is 1. The van der Waals surface area contributed by atoms with Crippen molar-refractivity contribution in [3.05, 3.63) is 0 Å². The lowest BCUT2D eigenvalue weighted by Crippen LogP contribution is -2.64. The van der Waals surface area contributed by atoms with E-state index in [9.17, 15) is 4.79 Å². The largest absolute Gasteiger partial charge is 0.368 e. The first-order valence-electron chi connectivity index (χ1n) is 7.27. The topological polar surface area (TPSA) is 58.4 Å². The zero-order valence-electron chi connectivity index (χ0n) is 11.9. The Labute approximate surface area is 110 Å². The fourth-order valence-corrected chi connectivity index (χ4v) is 2.67. The van der Waals surface area contributed by atoms with Gasteiger partial charge in [-0.3, -0.25) is 10.1 Å². The van der Waals surface area contributed by atoms with E-state index < -0.39 is 5.54 Å². The average molecular weight is 253 g/mol. The van der Waals surface area contributed by atoms with Crippen LogP contribution in [0.3, 0.4) is 0 Å². The molecule has 18 heavy (non-hydrogen) atoms. The number of amides is 1. The third kappa shape index (κ3) is 2.86. The van der Waals surface area contributed by atoms with Gasteiger partial charge in [0, 0.05) is 18.6 Å². The first-order chi connectivity index (χ1) is 8.49. The second kappa shape index (κ2) is 5.17. The lowest BCUT2D eigenvalue weighted by molar-refractivity contribution is -0.126. The summed E-state index contributed by atoms with van der Waals surface area (Å²) in [5.41, 5.74) is 5.26. The van der Waals surface area contributed by atoms with E-state index in [0.717, 1.165) is 25.8 Å². The van der Waals surface area contributed by atoms with Crippen LogP contribution in [0.15, 0.2) is 0 Å². The summed E-state index contributed by atoms with van der Waals surface area (Å²) in [6, 6.07) is 1.01. The van der Waals surface area contributed by atoms with Gasteiger partial charge in [0.1, 0.15) is 5.54 Å². The molecule has 1 amide bonds. The molecule has 2 unspecified atom stereocenters. The average Bonchev–Trinajstić information content (AvgIpc) is 3.16. The van der Waals surface area contributed by atoms with Crippen LogP contribution < -0.4 is 11.1 Å². The maximum atomic E-state index is 12.0. The maximum absolute atomic E-state index is 12.0. The van der Waals surface area contributed by atoms with Crippen molar-refractivity contribution in [3.8, 4) is 0 Å². The summed E-state index contributed by atoms with van der Waals surface area (Å²) in [7, 11) is 2.10. The fraction of sp³-hybridized carbons (Fsp3) is 0.929. The van der Waals surface area contributed by atoms with Gasteiger partial charge in [0.2, 0.25) is 5.91 Å². The second-order valence-electron chi connectivity index (χ2n) is 6.20. The van der Waals surface area contributed by atoms with Crippen LogP contribution in [-0.4, -0.2) is 42.0 Å². The summed E-state index contributed by atoms with van der Waals surface area (Å²) < 4.78 is 0. The predicted molar refractivity (Wildman–Crippen MR) is 73.2 cm³/mol. The van der Waals surface area contributed by atoms with E-state index in [1.54, 1.807) is 0 Å². The Kier molecular flexibility index (Phi) is 3.97. The molecule has 2 aliphatic carbocycles. The van der Waals surface area contributed by atoms with Crippen LogP contribution in [-0.2, 0) is 4.79 Å². The molecule has 0 bridgehead atoms. The Hall–Kier alpha value is -0.610. The Morgan fingerprint density at radius 1 is 1.44 bits per heavy atom. The molecule has 2 rings (SSSR count). The number of nitrogens with two attached hydrogens (primary N) is 1. The molecule has 3 N–H and O–H groups in total. The molecule has 0 radical (unpaired) electrons. The quantitative estimate of drug-likeness (QED) is 0.681. The van der Waals surface area contributed by atoms with Gasteiger partial charge < -0.3 is 10.6 Å². The SMILES string of the molecule is CCC(C)N(C)CC(NC1CC1)(C(N)=O)C1CC1. The van der Waals surface area contributed by atoms with Crippen LogP contribution >= 0.6 is 0 Å². The van der Waals surface area contributed by atoms with E-state index in [0.29, 0.717) is 18.0 Å². The van der Waals surface area contributed by atoms with E-state index >= 15 is 0 Å².